The molecule has 0 heterocycles. The summed E-state index contributed by atoms with van der Waals surface area (Å²) in [6.07, 6.45) is 0. The molecule has 0 saturated carbocycles. The fourth-order valence-electron chi connectivity index (χ4n) is 1.49. The Kier molecular flexibility index (Phi) is 5.37. The van der Waals surface area contributed by atoms with E-state index in [0.717, 1.165) is 5.56 Å². The Morgan fingerprint density at radius 3 is 2.05 bits per heavy atom. The molecule has 0 aliphatic carbocycles. The van der Waals surface area contributed by atoms with Crippen LogP contribution in [0.1, 0.15) is 12.5 Å². The first-order valence-corrected chi connectivity index (χ1v) is 5.84. The van der Waals surface area contributed by atoms with Gasteiger partial charge in [0.2, 0.25) is 5.75 Å². The molecule has 1 rings (SSSR count). The number of ether oxygens (including phenoxy) is 3. The molecule has 0 fully saturated rings. The van der Waals surface area contributed by atoms with Gasteiger partial charge in [0.25, 0.3) is 0 Å². The van der Waals surface area contributed by atoms with Gasteiger partial charge in [-0.05, 0) is 31.3 Å². The second-order valence-corrected chi connectivity index (χ2v) is 4.03. The van der Waals surface area contributed by atoms with Crippen LogP contribution in [0, 0.1) is 0 Å². The molecule has 0 bridgehead atoms. The summed E-state index contributed by atoms with van der Waals surface area (Å²) in [6, 6.07) is 3.59. The van der Waals surface area contributed by atoms with Gasteiger partial charge in [0, 0.05) is 5.56 Å². The standard InChI is InChI=1S/C12H17N3O3S/c1-7(14-15-12(13)19)8-5-9(16-2)11(18-4)10(6-8)17-3/h5-6H,1-4H3,(H3,13,15,19). The van der Waals surface area contributed by atoms with E-state index in [4.69, 9.17) is 32.2 Å². The Morgan fingerprint density at radius 2 is 1.68 bits per heavy atom. The van der Waals surface area contributed by atoms with Gasteiger partial charge in [0.15, 0.2) is 16.6 Å². The molecule has 3 N–H and O–H groups in total. The molecule has 7 heteroatoms. The van der Waals surface area contributed by atoms with E-state index in [1.165, 1.54) is 0 Å². The van der Waals surface area contributed by atoms with Crippen molar-refractivity contribution in [2.24, 2.45) is 10.8 Å². The smallest absolute Gasteiger partial charge is 0.203 e. The Balaban J connectivity index is 3.22. The van der Waals surface area contributed by atoms with Crippen molar-refractivity contribution >= 4 is 23.0 Å². The van der Waals surface area contributed by atoms with Crippen LogP contribution in [0.15, 0.2) is 17.2 Å². The number of methoxy groups -OCH3 is 3. The average molecular weight is 283 g/mol. The van der Waals surface area contributed by atoms with Gasteiger partial charge >= 0.3 is 0 Å². The fraction of sp³-hybridized carbons (Fsp3) is 0.333. The minimum atomic E-state index is 0.104. The highest BCUT2D eigenvalue weighted by molar-refractivity contribution is 7.80. The zero-order valence-corrected chi connectivity index (χ0v) is 12.1. The van der Waals surface area contributed by atoms with Crippen molar-refractivity contribution in [2.45, 2.75) is 6.92 Å². The largest absolute Gasteiger partial charge is 0.493 e. The molecule has 0 aromatic heterocycles. The lowest BCUT2D eigenvalue weighted by Crippen LogP contribution is -2.25. The number of hydrazone groups is 1. The molecule has 0 amide bonds. The molecule has 1 aromatic rings. The van der Waals surface area contributed by atoms with Crippen molar-refractivity contribution < 1.29 is 14.2 Å². The van der Waals surface area contributed by atoms with E-state index in [9.17, 15) is 0 Å². The lowest BCUT2D eigenvalue weighted by molar-refractivity contribution is 0.324. The maximum Gasteiger partial charge on any atom is 0.203 e. The van der Waals surface area contributed by atoms with Crippen LogP contribution in [0.5, 0.6) is 17.2 Å². The number of hydrogen-bond donors (Lipinski definition) is 2. The molecule has 1 aromatic carbocycles. The summed E-state index contributed by atoms with van der Waals surface area (Å²) in [5.41, 5.74) is 9.34. The Morgan fingerprint density at radius 1 is 1.16 bits per heavy atom. The second kappa shape index (κ2) is 6.79. The molecule has 0 spiro atoms. The van der Waals surface area contributed by atoms with Gasteiger partial charge in [-0.3, -0.25) is 5.43 Å². The Bertz CT molecular complexity index is 478. The van der Waals surface area contributed by atoms with Crippen LogP contribution in [0.4, 0.5) is 0 Å². The highest BCUT2D eigenvalue weighted by atomic mass is 32.1. The van der Waals surface area contributed by atoms with Gasteiger partial charge in [-0.2, -0.15) is 5.10 Å². The van der Waals surface area contributed by atoms with Crippen molar-refractivity contribution in [1.82, 2.24) is 5.43 Å². The number of benzene rings is 1. The normalized spacial score (nSPS) is 10.8. The second-order valence-electron chi connectivity index (χ2n) is 3.59. The highest BCUT2D eigenvalue weighted by Crippen LogP contribution is 2.38. The zero-order valence-electron chi connectivity index (χ0n) is 11.3. The lowest BCUT2D eigenvalue weighted by atomic mass is 10.1. The van der Waals surface area contributed by atoms with Crippen LogP contribution >= 0.6 is 12.2 Å². The zero-order chi connectivity index (χ0) is 14.4. The third-order valence-electron chi connectivity index (χ3n) is 2.42. The first kappa shape index (κ1) is 15.0. The Hall–Kier alpha value is -2.02. The Labute approximate surface area is 117 Å². The van der Waals surface area contributed by atoms with E-state index in [2.05, 4.69) is 10.5 Å². The van der Waals surface area contributed by atoms with Crippen LogP contribution in [0.3, 0.4) is 0 Å². The SMILES string of the molecule is COc1cc(C(C)=NNC(N)=S)cc(OC)c1OC. The number of nitrogens with zero attached hydrogens (tertiary/aromatic N) is 1. The quantitative estimate of drug-likeness (QED) is 0.481. The van der Waals surface area contributed by atoms with E-state index >= 15 is 0 Å². The fourth-order valence-corrected chi connectivity index (χ4v) is 1.54. The minimum absolute atomic E-state index is 0.104. The summed E-state index contributed by atoms with van der Waals surface area (Å²) in [4.78, 5) is 0. The summed E-state index contributed by atoms with van der Waals surface area (Å²) in [6.45, 7) is 1.81. The van der Waals surface area contributed by atoms with Crippen molar-refractivity contribution in [2.75, 3.05) is 21.3 Å². The molecular formula is C12H17N3O3S. The summed E-state index contributed by atoms with van der Waals surface area (Å²) in [7, 11) is 4.66. The van der Waals surface area contributed by atoms with Crippen LogP contribution in [-0.2, 0) is 0 Å². The maximum atomic E-state index is 5.32. The average Bonchev–Trinajstić information content (AvgIpc) is 2.42. The molecule has 0 atom stereocenters. The summed E-state index contributed by atoms with van der Waals surface area (Å²) >= 11 is 4.69. The van der Waals surface area contributed by atoms with Crippen LogP contribution < -0.4 is 25.4 Å². The summed E-state index contributed by atoms with van der Waals surface area (Å²) in [5.74, 6) is 1.65. The third-order valence-corrected chi connectivity index (χ3v) is 2.51. The predicted octanol–water partition coefficient (Wildman–Crippen LogP) is 1.27. The van der Waals surface area contributed by atoms with Crippen molar-refractivity contribution in [3.05, 3.63) is 17.7 Å². The molecule has 0 aliphatic rings. The van der Waals surface area contributed by atoms with Gasteiger partial charge in [-0.1, -0.05) is 0 Å². The molecular weight excluding hydrogens is 266 g/mol. The monoisotopic (exact) mass is 283 g/mol. The number of rotatable bonds is 5. The van der Waals surface area contributed by atoms with Gasteiger partial charge in [-0.25, -0.2) is 0 Å². The molecule has 104 valence electrons. The van der Waals surface area contributed by atoms with Crippen molar-refractivity contribution in [3.63, 3.8) is 0 Å². The van der Waals surface area contributed by atoms with Crippen molar-refractivity contribution in [3.8, 4) is 17.2 Å². The van der Waals surface area contributed by atoms with Gasteiger partial charge in [0.05, 0.1) is 27.0 Å². The minimum Gasteiger partial charge on any atom is -0.493 e. The van der Waals surface area contributed by atoms with Crippen LogP contribution in [-0.4, -0.2) is 32.2 Å². The summed E-state index contributed by atoms with van der Waals surface area (Å²) < 4.78 is 15.8. The molecule has 0 saturated heterocycles. The first-order valence-electron chi connectivity index (χ1n) is 5.43. The van der Waals surface area contributed by atoms with Crippen LogP contribution in [0.2, 0.25) is 0 Å². The van der Waals surface area contributed by atoms with E-state index in [0.29, 0.717) is 23.0 Å². The molecule has 0 aliphatic heterocycles. The van der Waals surface area contributed by atoms with Gasteiger partial charge < -0.3 is 19.9 Å². The first-order chi connectivity index (χ1) is 9.03. The molecule has 0 radical (unpaired) electrons. The van der Waals surface area contributed by atoms with E-state index in [1.54, 1.807) is 33.5 Å². The van der Waals surface area contributed by atoms with Gasteiger partial charge in [-0.15, -0.1) is 0 Å². The molecule has 19 heavy (non-hydrogen) atoms. The molecule has 6 nitrogen and oxygen atoms in total. The lowest BCUT2D eigenvalue weighted by Gasteiger charge is -2.14. The van der Waals surface area contributed by atoms with Gasteiger partial charge in [0.1, 0.15) is 0 Å². The van der Waals surface area contributed by atoms with Crippen molar-refractivity contribution in [1.29, 1.82) is 0 Å². The van der Waals surface area contributed by atoms with E-state index in [-0.39, 0.29) is 5.11 Å². The summed E-state index contributed by atoms with van der Waals surface area (Å²) in [5, 5.41) is 4.15. The van der Waals surface area contributed by atoms with E-state index in [1.807, 2.05) is 6.92 Å². The van der Waals surface area contributed by atoms with Crippen LogP contribution in [0.25, 0.3) is 0 Å². The molecule has 0 unspecified atom stereocenters. The highest BCUT2D eigenvalue weighted by Gasteiger charge is 2.14. The third kappa shape index (κ3) is 3.72. The topological polar surface area (TPSA) is 78.1 Å². The number of nitrogens with two attached hydrogens (primary N) is 1. The predicted molar refractivity (Wildman–Crippen MR) is 78.2 cm³/mol. The van der Waals surface area contributed by atoms with E-state index < -0.39 is 0 Å². The number of hydrogen-bond acceptors (Lipinski definition) is 5. The number of nitrogens with one attached hydrogen (secondary N) is 1. The maximum absolute atomic E-state index is 5.32. The number of thiocarbonyl (C=S) groups is 1.